The van der Waals surface area contributed by atoms with Gasteiger partial charge in [-0.05, 0) is 65.3 Å². The van der Waals surface area contributed by atoms with E-state index in [0.717, 1.165) is 18.3 Å². The molecule has 0 aromatic rings. The first kappa shape index (κ1) is 22.4. The van der Waals surface area contributed by atoms with Crippen molar-refractivity contribution in [2.75, 3.05) is 7.05 Å². The first-order chi connectivity index (χ1) is 10.8. The first-order valence-corrected chi connectivity index (χ1v) is 9.55. The van der Waals surface area contributed by atoms with E-state index in [2.05, 4.69) is 71.3 Å². The van der Waals surface area contributed by atoms with E-state index >= 15 is 0 Å². The van der Waals surface area contributed by atoms with Crippen LogP contribution < -0.4 is 10.6 Å². The zero-order chi connectivity index (χ0) is 17.8. The Kier molecular flexibility index (Phi) is 12.4. The van der Waals surface area contributed by atoms with E-state index < -0.39 is 0 Å². The number of rotatable bonds is 12. The zero-order valence-corrected chi connectivity index (χ0v) is 17.0. The molecule has 2 N–H and O–H groups in total. The molecule has 0 spiro atoms. The molecule has 0 aliphatic carbocycles. The predicted molar refractivity (Wildman–Crippen MR) is 106 cm³/mol. The minimum Gasteiger partial charge on any atom is -0.305 e. The summed E-state index contributed by atoms with van der Waals surface area (Å²) in [7, 11) is 2.04. The van der Waals surface area contributed by atoms with Gasteiger partial charge in [0.25, 0.3) is 0 Å². The Morgan fingerprint density at radius 3 is 2.13 bits per heavy atom. The van der Waals surface area contributed by atoms with Crippen LogP contribution in [-0.2, 0) is 0 Å². The third kappa shape index (κ3) is 11.6. The molecule has 2 nitrogen and oxygen atoms in total. The van der Waals surface area contributed by atoms with Gasteiger partial charge < -0.3 is 5.32 Å². The van der Waals surface area contributed by atoms with Crippen LogP contribution in [0.25, 0.3) is 0 Å². The van der Waals surface area contributed by atoms with Crippen molar-refractivity contribution in [3.63, 3.8) is 0 Å². The second kappa shape index (κ2) is 12.8. The van der Waals surface area contributed by atoms with Gasteiger partial charge in [-0.2, -0.15) is 0 Å². The Hall–Kier alpha value is -0.600. The van der Waals surface area contributed by atoms with Gasteiger partial charge in [-0.25, -0.2) is 0 Å². The number of nitrogens with one attached hydrogen (secondary N) is 2. The Balaban J connectivity index is 4.33. The van der Waals surface area contributed by atoms with E-state index in [9.17, 15) is 0 Å². The highest BCUT2D eigenvalue weighted by molar-refractivity contribution is 5.11. The van der Waals surface area contributed by atoms with Crippen LogP contribution in [0, 0.1) is 11.8 Å². The fraction of sp³-hybridized carbons (Fsp3) is 0.810. The van der Waals surface area contributed by atoms with E-state index in [1.807, 2.05) is 7.05 Å². The van der Waals surface area contributed by atoms with Crippen molar-refractivity contribution in [3.05, 3.63) is 23.3 Å². The minimum absolute atomic E-state index is 0.339. The first-order valence-electron chi connectivity index (χ1n) is 9.55. The van der Waals surface area contributed by atoms with Crippen LogP contribution in [0.5, 0.6) is 0 Å². The van der Waals surface area contributed by atoms with E-state index in [0.29, 0.717) is 12.2 Å². The van der Waals surface area contributed by atoms with Gasteiger partial charge in [-0.1, -0.05) is 57.4 Å². The molecule has 3 unspecified atom stereocenters. The smallest absolute Gasteiger partial charge is 0.0611 e. The monoisotopic (exact) mass is 322 g/mol. The highest BCUT2D eigenvalue weighted by Crippen LogP contribution is 2.17. The fourth-order valence-electron chi connectivity index (χ4n) is 2.77. The van der Waals surface area contributed by atoms with Crippen LogP contribution in [0.2, 0.25) is 0 Å². The predicted octanol–water partition coefficient (Wildman–Crippen LogP) is 5.67. The van der Waals surface area contributed by atoms with Crippen molar-refractivity contribution in [1.82, 2.24) is 10.6 Å². The SMILES string of the molecule is CCC(C)CC/C=C/C(C)NC(C/C(C)=C(/C)CC(C)C)NC. The van der Waals surface area contributed by atoms with Gasteiger partial charge in [-0.15, -0.1) is 0 Å². The van der Waals surface area contributed by atoms with E-state index in [1.165, 1.54) is 31.3 Å². The van der Waals surface area contributed by atoms with E-state index in [-0.39, 0.29) is 0 Å². The molecule has 3 atom stereocenters. The standard InChI is InChI=1S/C21H42N2/c1-9-17(4)12-10-11-13-20(7)23-21(22-8)15-19(6)18(5)14-16(2)3/h11,13,16-17,20-23H,9-10,12,14-15H2,1-8H3/b13-11+,19-18-. The Morgan fingerprint density at radius 2 is 1.61 bits per heavy atom. The van der Waals surface area contributed by atoms with Gasteiger partial charge in [0.15, 0.2) is 0 Å². The van der Waals surface area contributed by atoms with E-state index in [4.69, 9.17) is 0 Å². The van der Waals surface area contributed by atoms with Crippen molar-refractivity contribution in [2.45, 2.75) is 92.8 Å². The molecule has 136 valence electrons. The Labute approximate surface area is 146 Å². The molecule has 0 aromatic carbocycles. The summed E-state index contributed by atoms with van der Waals surface area (Å²) in [5, 5.41) is 7.09. The van der Waals surface area contributed by atoms with Gasteiger partial charge in [0.05, 0.1) is 6.17 Å². The number of allylic oxidation sites excluding steroid dienone is 2. The van der Waals surface area contributed by atoms with Gasteiger partial charge in [0.1, 0.15) is 0 Å². The van der Waals surface area contributed by atoms with Crippen molar-refractivity contribution >= 4 is 0 Å². The average molecular weight is 323 g/mol. The summed E-state index contributed by atoms with van der Waals surface area (Å²) >= 11 is 0. The quantitative estimate of drug-likeness (QED) is 0.357. The van der Waals surface area contributed by atoms with Crippen LogP contribution in [0.1, 0.15) is 80.6 Å². The van der Waals surface area contributed by atoms with E-state index in [1.54, 1.807) is 5.57 Å². The lowest BCUT2D eigenvalue weighted by molar-refractivity contribution is 0.428. The van der Waals surface area contributed by atoms with Crippen LogP contribution >= 0.6 is 0 Å². The topological polar surface area (TPSA) is 24.1 Å². The molecule has 0 aliphatic rings. The normalized spacial score (nSPS) is 17.4. The zero-order valence-electron chi connectivity index (χ0n) is 17.0. The summed E-state index contributed by atoms with van der Waals surface area (Å²) in [5.41, 5.74) is 3.05. The summed E-state index contributed by atoms with van der Waals surface area (Å²) in [6, 6.07) is 0.405. The molecular formula is C21H42N2. The van der Waals surface area contributed by atoms with Crippen molar-refractivity contribution < 1.29 is 0 Å². The molecule has 0 amide bonds. The third-order valence-electron chi connectivity index (χ3n) is 4.71. The average Bonchev–Trinajstić information content (AvgIpc) is 2.49. The van der Waals surface area contributed by atoms with Gasteiger partial charge in [0.2, 0.25) is 0 Å². The van der Waals surface area contributed by atoms with Gasteiger partial charge in [0, 0.05) is 6.04 Å². The van der Waals surface area contributed by atoms with Crippen LogP contribution in [0.15, 0.2) is 23.3 Å². The van der Waals surface area contributed by atoms with Crippen LogP contribution in [-0.4, -0.2) is 19.3 Å². The molecule has 0 aliphatic heterocycles. The van der Waals surface area contributed by atoms with Crippen LogP contribution in [0.3, 0.4) is 0 Å². The maximum Gasteiger partial charge on any atom is 0.0611 e. The Morgan fingerprint density at radius 1 is 1.00 bits per heavy atom. The summed E-state index contributed by atoms with van der Waals surface area (Å²) < 4.78 is 0. The van der Waals surface area contributed by atoms with Crippen LogP contribution in [0.4, 0.5) is 0 Å². The summed E-state index contributed by atoms with van der Waals surface area (Å²) in [6.45, 7) is 16.0. The highest BCUT2D eigenvalue weighted by atomic mass is 15.1. The number of hydrogen-bond acceptors (Lipinski definition) is 2. The molecule has 0 rings (SSSR count). The molecule has 0 saturated carbocycles. The maximum absolute atomic E-state index is 3.68. The molecule has 0 fully saturated rings. The lowest BCUT2D eigenvalue weighted by Gasteiger charge is -2.23. The maximum atomic E-state index is 3.68. The molecule has 0 bridgehead atoms. The summed E-state index contributed by atoms with van der Waals surface area (Å²) in [6.07, 6.45) is 11.0. The van der Waals surface area contributed by atoms with Crippen molar-refractivity contribution in [1.29, 1.82) is 0 Å². The summed E-state index contributed by atoms with van der Waals surface area (Å²) in [4.78, 5) is 0. The molecule has 0 heterocycles. The lowest BCUT2D eigenvalue weighted by atomic mass is 9.97. The minimum atomic E-state index is 0.339. The largest absolute Gasteiger partial charge is 0.305 e. The van der Waals surface area contributed by atoms with Crippen molar-refractivity contribution in [3.8, 4) is 0 Å². The summed E-state index contributed by atoms with van der Waals surface area (Å²) in [5.74, 6) is 1.57. The molecular weight excluding hydrogens is 280 g/mol. The Bertz CT molecular complexity index is 355. The molecule has 2 heteroatoms. The number of hydrogen-bond donors (Lipinski definition) is 2. The second-order valence-electron chi connectivity index (χ2n) is 7.68. The molecule has 0 saturated heterocycles. The fourth-order valence-corrected chi connectivity index (χ4v) is 2.77. The van der Waals surface area contributed by atoms with Gasteiger partial charge in [-0.3, -0.25) is 5.32 Å². The van der Waals surface area contributed by atoms with Gasteiger partial charge >= 0.3 is 0 Å². The molecule has 0 radical (unpaired) electrons. The lowest BCUT2D eigenvalue weighted by Crippen LogP contribution is -2.44. The molecule has 0 aromatic heterocycles. The highest BCUT2D eigenvalue weighted by Gasteiger charge is 2.10. The molecule has 23 heavy (non-hydrogen) atoms. The third-order valence-corrected chi connectivity index (χ3v) is 4.71. The van der Waals surface area contributed by atoms with Crippen molar-refractivity contribution in [2.24, 2.45) is 11.8 Å². The second-order valence-corrected chi connectivity index (χ2v) is 7.68.